The second-order valence-electron chi connectivity index (χ2n) is 10.2. The lowest BCUT2D eigenvalue weighted by Crippen LogP contribution is -2.46. The molecule has 3 aromatic rings. The van der Waals surface area contributed by atoms with E-state index in [0.717, 1.165) is 5.56 Å². The van der Waals surface area contributed by atoms with Crippen LogP contribution in [0.1, 0.15) is 33.9 Å². The zero-order valence-electron chi connectivity index (χ0n) is 23.7. The van der Waals surface area contributed by atoms with Gasteiger partial charge in [0.05, 0.1) is 42.6 Å². The number of rotatable bonds is 10. The molecule has 12 heteroatoms. The molecule has 2 heterocycles. The number of morpholine rings is 1. The van der Waals surface area contributed by atoms with Gasteiger partial charge >= 0.3 is 0 Å². The number of benzene rings is 3. The van der Waals surface area contributed by atoms with Crippen molar-refractivity contribution in [3.05, 3.63) is 105 Å². The van der Waals surface area contributed by atoms with Crippen molar-refractivity contribution >= 4 is 23.2 Å². The van der Waals surface area contributed by atoms with Crippen LogP contribution in [0.5, 0.6) is 5.75 Å². The molecule has 5 rings (SSSR count). The van der Waals surface area contributed by atoms with Crippen LogP contribution in [-0.2, 0) is 9.53 Å². The van der Waals surface area contributed by atoms with Crippen molar-refractivity contribution in [3.63, 3.8) is 0 Å². The van der Waals surface area contributed by atoms with Gasteiger partial charge in [0.1, 0.15) is 18.1 Å². The summed E-state index contributed by atoms with van der Waals surface area (Å²) in [5, 5.41) is 17.1. The molecular weight excluding hydrogens is 557 g/mol. The summed E-state index contributed by atoms with van der Waals surface area (Å²) in [4.78, 5) is 41.7. The first kappa shape index (κ1) is 29.8. The molecule has 1 saturated heterocycles. The molecule has 1 fully saturated rings. The van der Waals surface area contributed by atoms with E-state index in [-0.39, 0.29) is 24.3 Å². The molecule has 0 aromatic heterocycles. The SMILES string of the molecule is COc1ccc([C@@H]2CC(c3ccc([N+](=O)[O-])cc3)=NN2C(=O)CN(CCN2CCOCC2)C(=O)c2ccccc2F)cc1. The van der Waals surface area contributed by atoms with Gasteiger partial charge in [0.15, 0.2) is 0 Å². The van der Waals surface area contributed by atoms with Crippen molar-refractivity contribution in [2.75, 3.05) is 53.0 Å². The van der Waals surface area contributed by atoms with Crippen LogP contribution in [-0.4, -0.2) is 90.3 Å². The van der Waals surface area contributed by atoms with E-state index in [1.54, 1.807) is 37.4 Å². The van der Waals surface area contributed by atoms with Crippen LogP contribution in [0.3, 0.4) is 0 Å². The predicted molar refractivity (Wildman–Crippen MR) is 156 cm³/mol. The summed E-state index contributed by atoms with van der Waals surface area (Å²) >= 11 is 0. The topological polar surface area (TPSA) is 118 Å². The van der Waals surface area contributed by atoms with E-state index in [1.807, 2.05) is 12.1 Å². The minimum atomic E-state index is -0.660. The number of hydrogen-bond donors (Lipinski definition) is 0. The van der Waals surface area contributed by atoms with Gasteiger partial charge in [0.2, 0.25) is 0 Å². The average Bonchev–Trinajstić information content (AvgIpc) is 3.49. The van der Waals surface area contributed by atoms with E-state index >= 15 is 0 Å². The molecule has 0 unspecified atom stereocenters. The number of carbonyl (C=O) groups is 2. The zero-order valence-corrected chi connectivity index (χ0v) is 23.7. The van der Waals surface area contributed by atoms with Crippen LogP contribution in [0, 0.1) is 15.9 Å². The van der Waals surface area contributed by atoms with Gasteiger partial charge < -0.3 is 14.4 Å². The van der Waals surface area contributed by atoms with Gasteiger partial charge in [-0.05, 0) is 47.5 Å². The Morgan fingerprint density at radius 2 is 1.77 bits per heavy atom. The van der Waals surface area contributed by atoms with E-state index < -0.39 is 28.6 Å². The van der Waals surface area contributed by atoms with Crippen LogP contribution >= 0.6 is 0 Å². The number of nitro benzene ring substituents is 1. The Labute approximate surface area is 248 Å². The molecule has 1 atom stereocenters. The fourth-order valence-corrected chi connectivity index (χ4v) is 5.16. The minimum Gasteiger partial charge on any atom is -0.497 e. The molecule has 0 spiro atoms. The molecule has 2 aliphatic rings. The van der Waals surface area contributed by atoms with Crippen LogP contribution < -0.4 is 4.74 Å². The second kappa shape index (κ2) is 13.5. The predicted octanol–water partition coefficient (Wildman–Crippen LogP) is 3.89. The van der Waals surface area contributed by atoms with E-state index in [0.29, 0.717) is 56.3 Å². The molecular formula is C31H32FN5O6. The first-order chi connectivity index (χ1) is 20.8. The number of nitrogens with zero attached hydrogens (tertiary/aromatic N) is 5. The van der Waals surface area contributed by atoms with Gasteiger partial charge in [-0.3, -0.25) is 24.6 Å². The van der Waals surface area contributed by atoms with E-state index in [4.69, 9.17) is 9.47 Å². The lowest BCUT2D eigenvalue weighted by Gasteiger charge is -2.31. The maximum absolute atomic E-state index is 14.7. The van der Waals surface area contributed by atoms with Crippen molar-refractivity contribution in [2.24, 2.45) is 5.10 Å². The lowest BCUT2D eigenvalue weighted by atomic mass is 9.98. The molecule has 11 nitrogen and oxygen atoms in total. The van der Waals surface area contributed by atoms with E-state index in [9.17, 15) is 24.1 Å². The highest BCUT2D eigenvalue weighted by Gasteiger charge is 2.35. The third-order valence-corrected chi connectivity index (χ3v) is 7.59. The highest BCUT2D eigenvalue weighted by atomic mass is 19.1. The molecule has 3 aromatic carbocycles. The number of methoxy groups -OCH3 is 1. The Balaban J connectivity index is 1.43. The Morgan fingerprint density at radius 1 is 1.07 bits per heavy atom. The molecule has 224 valence electrons. The number of hydrazone groups is 1. The van der Waals surface area contributed by atoms with Gasteiger partial charge in [0, 0.05) is 44.7 Å². The maximum atomic E-state index is 14.7. The van der Waals surface area contributed by atoms with Gasteiger partial charge in [0.25, 0.3) is 17.5 Å². The van der Waals surface area contributed by atoms with E-state index in [2.05, 4.69) is 10.0 Å². The fourth-order valence-electron chi connectivity index (χ4n) is 5.16. The van der Waals surface area contributed by atoms with Crippen molar-refractivity contribution < 1.29 is 28.4 Å². The molecule has 0 radical (unpaired) electrons. The summed E-state index contributed by atoms with van der Waals surface area (Å²) in [6.07, 6.45) is 0.352. The number of amides is 2. The van der Waals surface area contributed by atoms with Gasteiger partial charge in [-0.2, -0.15) is 5.10 Å². The third kappa shape index (κ3) is 7.04. The summed E-state index contributed by atoms with van der Waals surface area (Å²) in [5.74, 6) is -1.03. The smallest absolute Gasteiger partial charge is 0.269 e. The maximum Gasteiger partial charge on any atom is 0.269 e. The normalized spacial score (nSPS) is 16.9. The molecule has 43 heavy (non-hydrogen) atoms. The molecule has 2 amide bonds. The highest BCUT2D eigenvalue weighted by molar-refractivity contribution is 6.04. The van der Waals surface area contributed by atoms with Gasteiger partial charge in [-0.15, -0.1) is 0 Å². The Hall–Kier alpha value is -4.68. The number of carbonyl (C=O) groups excluding carboxylic acids is 2. The van der Waals surface area contributed by atoms with E-state index in [1.165, 1.54) is 40.2 Å². The molecule has 0 bridgehead atoms. The van der Waals surface area contributed by atoms with Crippen molar-refractivity contribution in [3.8, 4) is 5.75 Å². The zero-order chi connectivity index (χ0) is 30.3. The van der Waals surface area contributed by atoms with Crippen molar-refractivity contribution in [2.45, 2.75) is 12.5 Å². The summed E-state index contributed by atoms with van der Waals surface area (Å²) in [6, 6.07) is 18.5. The fraction of sp³-hybridized carbons (Fsp3) is 0.323. The summed E-state index contributed by atoms with van der Waals surface area (Å²) in [7, 11) is 1.56. The molecule has 2 aliphatic heterocycles. The standard InChI is InChI=1S/C31H32FN5O6/c1-42-25-12-8-23(9-13-25)29-20-28(22-6-10-24(11-7-22)37(40)41)33-36(29)30(38)21-35(15-14-34-16-18-43-19-17-34)31(39)26-4-2-3-5-27(26)32/h2-13,29H,14-21H2,1H3/t29-/m0/s1. The number of nitro groups is 1. The Bertz CT molecular complexity index is 1490. The van der Waals surface area contributed by atoms with Crippen LogP contribution in [0.4, 0.5) is 10.1 Å². The largest absolute Gasteiger partial charge is 0.497 e. The third-order valence-electron chi connectivity index (χ3n) is 7.59. The highest BCUT2D eigenvalue weighted by Crippen LogP contribution is 2.34. The van der Waals surface area contributed by atoms with Crippen LogP contribution in [0.15, 0.2) is 77.9 Å². The summed E-state index contributed by atoms with van der Waals surface area (Å²) in [6.45, 7) is 2.94. The quantitative estimate of drug-likeness (QED) is 0.260. The lowest BCUT2D eigenvalue weighted by molar-refractivity contribution is -0.384. The van der Waals surface area contributed by atoms with Gasteiger partial charge in [-0.25, -0.2) is 9.40 Å². The molecule has 0 N–H and O–H groups in total. The summed E-state index contributed by atoms with van der Waals surface area (Å²) in [5.41, 5.74) is 1.86. The second-order valence-corrected chi connectivity index (χ2v) is 10.2. The van der Waals surface area contributed by atoms with Crippen LogP contribution in [0.2, 0.25) is 0 Å². The Morgan fingerprint density at radius 3 is 2.42 bits per heavy atom. The summed E-state index contributed by atoms with van der Waals surface area (Å²) < 4.78 is 25.4. The number of ether oxygens (including phenoxy) is 2. The number of halogens is 1. The monoisotopic (exact) mass is 589 g/mol. The first-order valence-corrected chi connectivity index (χ1v) is 14.0. The number of hydrogen-bond acceptors (Lipinski definition) is 8. The average molecular weight is 590 g/mol. The van der Waals surface area contributed by atoms with Crippen molar-refractivity contribution in [1.29, 1.82) is 0 Å². The van der Waals surface area contributed by atoms with Crippen LogP contribution in [0.25, 0.3) is 0 Å². The molecule has 0 aliphatic carbocycles. The Kier molecular flexibility index (Phi) is 9.38. The number of non-ortho nitro benzene ring substituents is 1. The molecule has 0 saturated carbocycles. The minimum absolute atomic E-state index is 0.0513. The van der Waals surface area contributed by atoms with Gasteiger partial charge in [-0.1, -0.05) is 24.3 Å². The first-order valence-electron chi connectivity index (χ1n) is 14.0. The van der Waals surface area contributed by atoms with Crippen molar-refractivity contribution in [1.82, 2.24) is 14.8 Å².